The third-order valence-corrected chi connectivity index (χ3v) is 2.72. The van der Waals surface area contributed by atoms with Gasteiger partial charge in [-0.25, -0.2) is 0 Å². The molecule has 0 saturated heterocycles. The van der Waals surface area contributed by atoms with Gasteiger partial charge in [-0.2, -0.15) is 0 Å². The van der Waals surface area contributed by atoms with Gasteiger partial charge in [-0.3, -0.25) is 9.59 Å². The highest BCUT2D eigenvalue weighted by Crippen LogP contribution is 2.39. The van der Waals surface area contributed by atoms with E-state index < -0.39 is 5.41 Å². The maximum absolute atomic E-state index is 11.7. The van der Waals surface area contributed by atoms with Gasteiger partial charge in [0, 0.05) is 0 Å². The Hall–Kier alpha value is -1.12. The molecule has 1 atom stereocenters. The molecule has 1 rings (SSSR count). The second-order valence-electron chi connectivity index (χ2n) is 3.79. The number of esters is 1. The lowest BCUT2D eigenvalue weighted by molar-refractivity contribution is -0.158. The van der Waals surface area contributed by atoms with E-state index in [2.05, 4.69) is 0 Å². The average Bonchev–Trinajstić information content (AvgIpc) is 2.49. The zero-order valence-corrected chi connectivity index (χ0v) is 8.92. The molecule has 1 aliphatic carbocycles. The Morgan fingerprint density at radius 1 is 1.57 bits per heavy atom. The predicted octanol–water partition coefficient (Wildman–Crippen LogP) is 1.86. The summed E-state index contributed by atoms with van der Waals surface area (Å²) in [5.74, 6) is -0.468. The van der Waals surface area contributed by atoms with Gasteiger partial charge < -0.3 is 4.74 Å². The average molecular weight is 196 g/mol. The quantitative estimate of drug-likeness (QED) is 0.393. The van der Waals surface area contributed by atoms with Gasteiger partial charge in [0.25, 0.3) is 0 Å². The maximum atomic E-state index is 11.7. The molecule has 0 radical (unpaired) electrons. The van der Waals surface area contributed by atoms with Crippen LogP contribution in [0.5, 0.6) is 0 Å². The monoisotopic (exact) mass is 196 g/mol. The molecule has 3 heteroatoms. The van der Waals surface area contributed by atoms with Crippen LogP contribution in [0.4, 0.5) is 0 Å². The van der Waals surface area contributed by atoms with Gasteiger partial charge in [0.2, 0.25) is 0 Å². The molecule has 14 heavy (non-hydrogen) atoms. The van der Waals surface area contributed by atoms with Crippen LogP contribution in [-0.2, 0) is 14.3 Å². The molecule has 0 aliphatic heterocycles. The lowest BCUT2D eigenvalue weighted by Gasteiger charge is -2.23. The molecule has 0 spiro atoms. The fourth-order valence-electron chi connectivity index (χ4n) is 1.81. The first-order valence-electron chi connectivity index (χ1n) is 4.87. The van der Waals surface area contributed by atoms with Crippen LogP contribution in [-0.4, -0.2) is 18.4 Å². The number of carbonyl (C=O) groups excluding carboxylic acids is 2. The summed E-state index contributed by atoms with van der Waals surface area (Å²) in [4.78, 5) is 23.2. The molecule has 0 aromatic rings. The molecule has 1 unspecified atom stereocenters. The molecular formula is C11H16O3. The molecule has 0 aromatic heterocycles. The minimum absolute atomic E-state index is 0.0935. The normalized spacial score (nSPS) is 25.8. The smallest absolute Gasteiger partial charge is 0.320 e. The number of ketones is 1. The number of carbonyl (C=O) groups is 2. The first kappa shape index (κ1) is 11.0. The van der Waals surface area contributed by atoms with E-state index in [1.54, 1.807) is 6.92 Å². The molecule has 3 nitrogen and oxygen atoms in total. The molecule has 0 amide bonds. The topological polar surface area (TPSA) is 43.4 Å². The molecule has 0 fully saturated rings. The largest absolute Gasteiger partial charge is 0.465 e. The van der Waals surface area contributed by atoms with E-state index in [0.29, 0.717) is 19.4 Å². The highest BCUT2D eigenvalue weighted by atomic mass is 16.5. The summed E-state index contributed by atoms with van der Waals surface area (Å²) < 4.78 is 4.95. The third-order valence-electron chi connectivity index (χ3n) is 2.72. The Labute approximate surface area is 84.1 Å². The number of allylic oxidation sites excluding steroid dienone is 2. The van der Waals surface area contributed by atoms with Crippen molar-refractivity contribution in [3.63, 3.8) is 0 Å². The summed E-state index contributed by atoms with van der Waals surface area (Å²) in [6.45, 7) is 5.47. The van der Waals surface area contributed by atoms with Crippen LogP contribution in [0.15, 0.2) is 11.6 Å². The molecule has 0 bridgehead atoms. The van der Waals surface area contributed by atoms with Crippen molar-refractivity contribution in [3.05, 3.63) is 11.6 Å². The number of hydrogen-bond donors (Lipinski definition) is 0. The van der Waals surface area contributed by atoms with Crippen LogP contribution in [0, 0.1) is 5.41 Å². The molecule has 1 aliphatic rings. The van der Waals surface area contributed by atoms with E-state index in [4.69, 9.17) is 4.74 Å². The van der Waals surface area contributed by atoms with Crippen LogP contribution in [0.3, 0.4) is 0 Å². The van der Waals surface area contributed by atoms with E-state index in [0.717, 1.165) is 5.57 Å². The van der Waals surface area contributed by atoms with Crippen LogP contribution in [0.25, 0.3) is 0 Å². The predicted molar refractivity (Wildman–Crippen MR) is 52.7 cm³/mol. The third kappa shape index (κ3) is 1.72. The Balaban J connectivity index is 2.86. The van der Waals surface area contributed by atoms with Crippen LogP contribution < -0.4 is 0 Å². The molecule has 0 heterocycles. The van der Waals surface area contributed by atoms with E-state index >= 15 is 0 Å². The molecule has 0 N–H and O–H groups in total. The van der Waals surface area contributed by atoms with Gasteiger partial charge in [0.1, 0.15) is 11.2 Å². The second kappa shape index (κ2) is 3.95. The van der Waals surface area contributed by atoms with Crippen molar-refractivity contribution in [2.75, 3.05) is 6.61 Å². The van der Waals surface area contributed by atoms with Gasteiger partial charge in [-0.15, -0.1) is 0 Å². The standard InChI is InChI=1S/C11H16O3/c1-4-14-10(13)11(9(3)12)6-5-8(2)7-11/h5H,4,6-7H2,1-3H3. The SMILES string of the molecule is CCOC(=O)C1(C(C)=O)CC=C(C)C1. The van der Waals surface area contributed by atoms with Gasteiger partial charge in [-0.05, 0) is 33.6 Å². The van der Waals surface area contributed by atoms with Crippen molar-refractivity contribution in [2.45, 2.75) is 33.6 Å². The Kier molecular flexibility index (Phi) is 3.09. The first-order valence-corrected chi connectivity index (χ1v) is 4.87. The van der Waals surface area contributed by atoms with Gasteiger partial charge in [-0.1, -0.05) is 11.6 Å². The zero-order chi connectivity index (χ0) is 10.8. The van der Waals surface area contributed by atoms with E-state index in [1.165, 1.54) is 6.92 Å². The van der Waals surface area contributed by atoms with E-state index in [1.807, 2.05) is 13.0 Å². The summed E-state index contributed by atoms with van der Waals surface area (Å²) >= 11 is 0. The van der Waals surface area contributed by atoms with Crippen molar-refractivity contribution >= 4 is 11.8 Å². The van der Waals surface area contributed by atoms with Crippen molar-refractivity contribution in [3.8, 4) is 0 Å². The van der Waals surface area contributed by atoms with Crippen molar-refractivity contribution in [1.29, 1.82) is 0 Å². The summed E-state index contributed by atoms with van der Waals surface area (Å²) in [6.07, 6.45) is 2.95. The number of rotatable bonds is 3. The fourth-order valence-corrected chi connectivity index (χ4v) is 1.81. The fraction of sp³-hybridized carbons (Fsp3) is 0.636. The van der Waals surface area contributed by atoms with Crippen LogP contribution in [0.1, 0.15) is 33.6 Å². The van der Waals surface area contributed by atoms with E-state index in [9.17, 15) is 9.59 Å². The highest BCUT2D eigenvalue weighted by molar-refractivity contribution is 6.03. The summed E-state index contributed by atoms with van der Waals surface area (Å²) in [5.41, 5.74) is 0.174. The second-order valence-corrected chi connectivity index (χ2v) is 3.79. The van der Waals surface area contributed by atoms with E-state index in [-0.39, 0.29) is 11.8 Å². The lowest BCUT2D eigenvalue weighted by Crippen LogP contribution is -2.37. The molecule has 0 saturated carbocycles. The molecule has 0 aromatic carbocycles. The van der Waals surface area contributed by atoms with Gasteiger partial charge in [0.15, 0.2) is 0 Å². The Morgan fingerprint density at radius 2 is 2.21 bits per heavy atom. The van der Waals surface area contributed by atoms with Crippen molar-refractivity contribution in [2.24, 2.45) is 5.41 Å². The number of Topliss-reactive ketones (excluding diaryl/α,β-unsaturated/α-hetero) is 1. The van der Waals surface area contributed by atoms with Crippen molar-refractivity contribution < 1.29 is 14.3 Å². The van der Waals surface area contributed by atoms with Crippen LogP contribution in [0.2, 0.25) is 0 Å². The number of ether oxygens (including phenoxy) is 1. The van der Waals surface area contributed by atoms with Gasteiger partial charge >= 0.3 is 5.97 Å². The highest BCUT2D eigenvalue weighted by Gasteiger charge is 2.46. The summed E-state index contributed by atoms with van der Waals surface area (Å²) in [6, 6.07) is 0. The van der Waals surface area contributed by atoms with Crippen LogP contribution >= 0.6 is 0 Å². The first-order chi connectivity index (χ1) is 6.53. The summed E-state index contributed by atoms with van der Waals surface area (Å²) in [7, 11) is 0. The zero-order valence-electron chi connectivity index (χ0n) is 8.92. The molecule has 78 valence electrons. The van der Waals surface area contributed by atoms with Crippen molar-refractivity contribution in [1.82, 2.24) is 0 Å². The minimum Gasteiger partial charge on any atom is -0.465 e. The lowest BCUT2D eigenvalue weighted by atomic mass is 9.81. The maximum Gasteiger partial charge on any atom is 0.320 e. The Bertz CT molecular complexity index is 291. The van der Waals surface area contributed by atoms with Gasteiger partial charge in [0.05, 0.1) is 6.61 Å². The Morgan fingerprint density at radius 3 is 2.57 bits per heavy atom. The summed E-state index contributed by atoms with van der Waals surface area (Å²) in [5, 5.41) is 0. The minimum atomic E-state index is -0.917. The number of hydrogen-bond acceptors (Lipinski definition) is 3. The molecular weight excluding hydrogens is 180 g/mol.